The van der Waals surface area contributed by atoms with Crippen molar-refractivity contribution in [3.05, 3.63) is 81.4 Å². The van der Waals surface area contributed by atoms with Crippen molar-refractivity contribution in [1.29, 1.82) is 0 Å². The number of hydrogen-bond donors (Lipinski definition) is 1. The van der Waals surface area contributed by atoms with E-state index in [0.29, 0.717) is 0 Å². The SMILES string of the molecule is O=C([O-])c1ccc2c(c1)[C@H]1C=CC[C@@H]1[C@@H](c1ccc([N+](=O)[O-])cc1)N2. The molecule has 2 aliphatic rings. The monoisotopic (exact) mass is 335 g/mol. The molecule has 0 aromatic heterocycles. The molecule has 0 saturated heterocycles. The van der Waals surface area contributed by atoms with E-state index in [1.54, 1.807) is 24.3 Å². The van der Waals surface area contributed by atoms with Gasteiger partial charge in [0.05, 0.1) is 16.9 Å². The summed E-state index contributed by atoms with van der Waals surface area (Å²) >= 11 is 0. The zero-order chi connectivity index (χ0) is 17.6. The summed E-state index contributed by atoms with van der Waals surface area (Å²) in [6.07, 6.45) is 5.09. The molecule has 0 amide bonds. The van der Waals surface area contributed by atoms with Gasteiger partial charge in [-0.15, -0.1) is 0 Å². The number of nitro benzene ring substituents is 1. The van der Waals surface area contributed by atoms with Gasteiger partial charge in [0.25, 0.3) is 5.69 Å². The first-order valence-electron chi connectivity index (χ1n) is 8.07. The topological polar surface area (TPSA) is 95.3 Å². The van der Waals surface area contributed by atoms with Crippen LogP contribution in [0.15, 0.2) is 54.6 Å². The van der Waals surface area contributed by atoms with Gasteiger partial charge in [-0.3, -0.25) is 10.1 Å². The summed E-state index contributed by atoms with van der Waals surface area (Å²) in [6, 6.07) is 11.6. The third-order valence-corrected chi connectivity index (χ3v) is 5.06. The normalized spacial score (nSPS) is 23.4. The minimum absolute atomic E-state index is 0.0158. The number of fused-ring (bicyclic) bond motifs is 3. The van der Waals surface area contributed by atoms with E-state index in [4.69, 9.17) is 0 Å². The molecule has 1 heterocycles. The largest absolute Gasteiger partial charge is 0.545 e. The maximum Gasteiger partial charge on any atom is 0.269 e. The summed E-state index contributed by atoms with van der Waals surface area (Å²) in [7, 11) is 0. The summed E-state index contributed by atoms with van der Waals surface area (Å²) in [5, 5.41) is 25.5. The van der Waals surface area contributed by atoms with Crippen LogP contribution >= 0.6 is 0 Å². The number of benzene rings is 2. The second-order valence-electron chi connectivity index (χ2n) is 6.41. The Labute approximate surface area is 144 Å². The zero-order valence-electron chi connectivity index (χ0n) is 13.2. The number of nitrogens with zero attached hydrogens (tertiary/aromatic N) is 1. The predicted octanol–water partition coefficient (Wildman–Crippen LogP) is 2.78. The summed E-state index contributed by atoms with van der Waals surface area (Å²) in [5.74, 6) is -0.819. The molecule has 1 aliphatic heterocycles. The maximum absolute atomic E-state index is 11.1. The predicted molar refractivity (Wildman–Crippen MR) is 90.2 cm³/mol. The fourth-order valence-electron chi connectivity index (χ4n) is 3.85. The van der Waals surface area contributed by atoms with Crippen LogP contribution in [0.2, 0.25) is 0 Å². The third kappa shape index (κ3) is 2.55. The summed E-state index contributed by atoms with van der Waals surface area (Å²) in [5.41, 5.74) is 3.08. The Bertz CT molecular complexity index is 889. The van der Waals surface area contributed by atoms with Gasteiger partial charge in [-0.05, 0) is 41.2 Å². The number of carbonyl (C=O) groups excluding carboxylic acids is 1. The van der Waals surface area contributed by atoms with E-state index in [0.717, 1.165) is 23.2 Å². The van der Waals surface area contributed by atoms with E-state index < -0.39 is 10.9 Å². The van der Waals surface area contributed by atoms with Gasteiger partial charge < -0.3 is 15.2 Å². The first kappa shape index (κ1) is 15.4. The van der Waals surface area contributed by atoms with Crippen molar-refractivity contribution in [1.82, 2.24) is 0 Å². The lowest BCUT2D eigenvalue weighted by Crippen LogP contribution is -2.30. The Morgan fingerprint density at radius 2 is 1.92 bits per heavy atom. The first-order valence-corrected chi connectivity index (χ1v) is 8.07. The molecule has 126 valence electrons. The molecule has 1 aliphatic carbocycles. The molecule has 4 rings (SSSR count). The number of rotatable bonds is 3. The number of nitrogens with one attached hydrogen (secondary N) is 1. The van der Waals surface area contributed by atoms with Crippen LogP contribution in [0.5, 0.6) is 0 Å². The van der Waals surface area contributed by atoms with E-state index >= 15 is 0 Å². The number of carboxylic acids is 1. The smallest absolute Gasteiger partial charge is 0.269 e. The van der Waals surface area contributed by atoms with Crippen molar-refractivity contribution in [3.8, 4) is 0 Å². The van der Waals surface area contributed by atoms with E-state index in [1.807, 2.05) is 0 Å². The molecule has 0 unspecified atom stereocenters. The van der Waals surface area contributed by atoms with Gasteiger partial charge in [0.2, 0.25) is 0 Å². The molecule has 2 aromatic carbocycles. The quantitative estimate of drug-likeness (QED) is 0.529. The average molecular weight is 335 g/mol. The molecule has 0 spiro atoms. The van der Waals surface area contributed by atoms with Gasteiger partial charge in [-0.1, -0.05) is 30.4 Å². The molecule has 6 heteroatoms. The summed E-state index contributed by atoms with van der Waals surface area (Å²) in [4.78, 5) is 21.6. The van der Waals surface area contributed by atoms with Crippen LogP contribution in [0.25, 0.3) is 0 Å². The maximum atomic E-state index is 11.1. The van der Waals surface area contributed by atoms with Crippen LogP contribution < -0.4 is 10.4 Å². The molecule has 2 aromatic rings. The summed E-state index contributed by atoms with van der Waals surface area (Å²) in [6.45, 7) is 0. The number of non-ortho nitro benzene ring substituents is 1. The molecule has 6 nitrogen and oxygen atoms in total. The van der Waals surface area contributed by atoms with Gasteiger partial charge in [0, 0.05) is 23.7 Å². The molecule has 3 atom stereocenters. The highest BCUT2D eigenvalue weighted by Gasteiger charge is 2.38. The van der Waals surface area contributed by atoms with Gasteiger partial charge in [0.1, 0.15) is 0 Å². The zero-order valence-corrected chi connectivity index (χ0v) is 13.2. The Balaban J connectivity index is 1.72. The molecule has 0 bridgehead atoms. The van der Waals surface area contributed by atoms with Crippen molar-refractivity contribution < 1.29 is 14.8 Å². The third-order valence-electron chi connectivity index (χ3n) is 5.06. The second-order valence-corrected chi connectivity index (χ2v) is 6.41. The lowest BCUT2D eigenvalue weighted by Gasteiger charge is -2.37. The molecule has 0 saturated carbocycles. The summed E-state index contributed by atoms with van der Waals surface area (Å²) < 4.78 is 0. The number of carbonyl (C=O) groups is 1. The van der Waals surface area contributed by atoms with Crippen LogP contribution in [0, 0.1) is 16.0 Å². The minimum Gasteiger partial charge on any atom is -0.545 e. The van der Waals surface area contributed by atoms with Crippen LogP contribution in [0.3, 0.4) is 0 Å². The fourth-order valence-corrected chi connectivity index (χ4v) is 3.85. The molecule has 0 fully saturated rings. The molecule has 0 radical (unpaired) electrons. The lowest BCUT2D eigenvalue weighted by molar-refractivity contribution is -0.384. The standard InChI is InChI=1S/C19H16N2O4/c22-19(23)12-6-9-17-16(10-12)14-2-1-3-15(14)18(20-17)11-4-7-13(8-5-11)21(24)25/h1-2,4-10,14-15,18,20H,3H2,(H,22,23)/p-1/t14-,15-,18+/m0/s1. The molecular weight excluding hydrogens is 320 g/mol. The molecule has 25 heavy (non-hydrogen) atoms. The van der Waals surface area contributed by atoms with Crippen molar-refractivity contribution >= 4 is 17.3 Å². The molecular formula is C19H15N2O4-. The van der Waals surface area contributed by atoms with Crippen molar-refractivity contribution in [2.24, 2.45) is 5.92 Å². The number of nitro groups is 1. The van der Waals surface area contributed by atoms with E-state index in [2.05, 4.69) is 17.5 Å². The lowest BCUT2D eigenvalue weighted by atomic mass is 9.76. The molecule has 1 N–H and O–H groups in total. The number of anilines is 1. The fraction of sp³-hybridized carbons (Fsp3) is 0.211. The van der Waals surface area contributed by atoms with Gasteiger partial charge >= 0.3 is 0 Å². The van der Waals surface area contributed by atoms with Crippen molar-refractivity contribution in [3.63, 3.8) is 0 Å². The Hall–Kier alpha value is -3.15. The van der Waals surface area contributed by atoms with E-state index in [1.165, 1.54) is 18.2 Å². The van der Waals surface area contributed by atoms with E-state index in [9.17, 15) is 20.0 Å². The highest BCUT2D eigenvalue weighted by Crippen LogP contribution is 2.49. The van der Waals surface area contributed by atoms with E-state index in [-0.39, 0.29) is 29.1 Å². The van der Waals surface area contributed by atoms with Crippen molar-refractivity contribution in [2.45, 2.75) is 18.4 Å². The highest BCUT2D eigenvalue weighted by molar-refractivity contribution is 5.87. The van der Waals surface area contributed by atoms with Crippen LogP contribution in [0.1, 0.15) is 39.9 Å². The Morgan fingerprint density at radius 3 is 2.60 bits per heavy atom. The first-order chi connectivity index (χ1) is 12.0. The van der Waals surface area contributed by atoms with Crippen LogP contribution in [-0.2, 0) is 0 Å². The van der Waals surface area contributed by atoms with Gasteiger partial charge in [-0.2, -0.15) is 0 Å². The van der Waals surface area contributed by atoms with Crippen molar-refractivity contribution in [2.75, 3.05) is 5.32 Å². The van der Waals surface area contributed by atoms with Crippen LogP contribution in [0.4, 0.5) is 11.4 Å². The Kier molecular flexibility index (Phi) is 3.53. The minimum atomic E-state index is -1.18. The second kappa shape index (κ2) is 5.73. The van der Waals surface area contributed by atoms with Gasteiger partial charge in [0.15, 0.2) is 0 Å². The average Bonchev–Trinajstić information content (AvgIpc) is 3.10. The number of carboxylic acid groups (broad SMARTS) is 1. The van der Waals surface area contributed by atoms with Gasteiger partial charge in [-0.25, -0.2) is 0 Å². The van der Waals surface area contributed by atoms with Crippen LogP contribution in [-0.4, -0.2) is 10.9 Å². The number of aromatic carboxylic acids is 1. The number of allylic oxidation sites excluding steroid dienone is 2. The highest BCUT2D eigenvalue weighted by atomic mass is 16.6. The number of hydrogen-bond acceptors (Lipinski definition) is 5. The Morgan fingerprint density at radius 1 is 1.16 bits per heavy atom.